The molecular weight excluding hydrogens is 330 g/mol. The second-order valence-corrected chi connectivity index (χ2v) is 7.57. The minimum Gasteiger partial charge on any atom is -0.469 e. The van der Waals surface area contributed by atoms with Gasteiger partial charge in [0.25, 0.3) is 0 Å². The maximum absolute atomic E-state index is 6.01. The lowest BCUT2D eigenvalue weighted by Crippen LogP contribution is -2.54. The van der Waals surface area contributed by atoms with Gasteiger partial charge in [-0.2, -0.15) is 0 Å². The van der Waals surface area contributed by atoms with Gasteiger partial charge in [-0.1, -0.05) is 12.8 Å². The summed E-state index contributed by atoms with van der Waals surface area (Å²) in [6, 6.07) is 4.51. The van der Waals surface area contributed by atoms with Crippen LogP contribution in [0.25, 0.3) is 0 Å². The van der Waals surface area contributed by atoms with E-state index in [1.807, 2.05) is 12.1 Å². The van der Waals surface area contributed by atoms with Crippen LogP contribution in [0.4, 0.5) is 0 Å². The molecule has 144 valence electrons. The number of hydrogen-bond acceptors (Lipinski definition) is 4. The zero-order valence-corrected chi connectivity index (χ0v) is 15.6. The van der Waals surface area contributed by atoms with Crippen molar-refractivity contribution in [1.29, 1.82) is 0 Å². The first-order valence-electron chi connectivity index (χ1n) is 10.2. The fourth-order valence-corrected chi connectivity index (χ4v) is 4.21. The van der Waals surface area contributed by atoms with Crippen molar-refractivity contribution in [1.82, 2.24) is 10.2 Å². The lowest BCUT2D eigenvalue weighted by molar-refractivity contribution is -0.0818. The van der Waals surface area contributed by atoms with Gasteiger partial charge >= 0.3 is 0 Å². The first kappa shape index (κ1) is 17.9. The van der Waals surface area contributed by atoms with Crippen LogP contribution in [0.5, 0.6) is 0 Å². The number of aliphatic imine (C=N–C) groups is 1. The summed E-state index contributed by atoms with van der Waals surface area (Å²) in [5, 5.41) is 3.73. The zero-order chi connectivity index (χ0) is 17.6. The summed E-state index contributed by atoms with van der Waals surface area (Å²) in [4.78, 5) is 7.29. The Morgan fingerprint density at radius 1 is 1.12 bits per heavy atom. The van der Waals surface area contributed by atoms with Gasteiger partial charge in [0.05, 0.1) is 19.0 Å². The van der Waals surface area contributed by atoms with Gasteiger partial charge in [0, 0.05) is 38.7 Å². The summed E-state index contributed by atoms with van der Waals surface area (Å²) >= 11 is 0. The van der Waals surface area contributed by atoms with Crippen LogP contribution in [0, 0.1) is 0 Å². The molecular formula is C20H31N3O3. The van der Waals surface area contributed by atoms with Crippen molar-refractivity contribution in [2.75, 3.05) is 32.8 Å². The third-order valence-corrected chi connectivity index (χ3v) is 5.66. The summed E-state index contributed by atoms with van der Waals surface area (Å²) in [6.07, 6.45) is 10.4. The molecule has 0 amide bonds. The predicted molar refractivity (Wildman–Crippen MR) is 100 cm³/mol. The molecule has 2 aliphatic heterocycles. The van der Waals surface area contributed by atoms with Gasteiger partial charge in [-0.3, -0.25) is 4.99 Å². The Labute approximate surface area is 155 Å². The molecule has 1 aromatic rings. The quantitative estimate of drug-likeness (QED) is 0.645. The molecule has 3 fully saturated rings. The molecule has 1 aromatic heterocycles. The standard InChI is InChI=1S/C20H31N3O3/c1-2-6-16(5-1)22-20(21-10-9-17-7-3-12-24-17)23-11-14-26-19(15-23)18-8-4-13-25-18/h3,7,12,16,18-19H,1-2,4-6,8-11,13-15H2,(H,21,22). The summed E-state index contributed by atoms with van der Waals surface area (Å²) in [5.41, 5.74) is 0. The molecule has 2 saturated heterocycles. The molecule has 0 bridgehead atoms. The molecule has 4 rings (SSSR count). The Bertz CT molecular complexity index is 563. The Morgan fingerprint density at radius 2 is 2.00 bits per heavy atom. The zero-order valence-electron chi connectivity index (χ0n) is 15.6. The second kappa shape index (κ2) is 8.91. The molecule has 26 heavy (non-hydrogen) atoms. The van der Waals surface area contributed by atoms with E-state index in [2.05, 4.69) is 10.2 Å². The lowest BCUT2D eigenvalue weighted by Gasteiger charge is -2.38. The number of morpholine rings is 1. The van der Waals surface area contributed by atoms with Crippen LogP contribution in [0.15, 0.2) is 27.8 Å². The maximum atomic E-state index is 6.01. The van der Waals surface area contributed by atoms with E-state index in [4.69, 9.17) is 18.9 Å². The minimum atomic E-state index is 0.159. The van der Waals surface area contributed by atoms with Gasteiger partial charge in [-0.15, -0.1) is 0 Å². The normalized spacial score (nSPS) is 28.0. The van der Waals surface area contributed by atoms with E-state index in [1.54, 1.807) is 6.26 Å². The highest BCUT2D eigenvalue weighted by molar-refractivity contribution is 5.80. The summed E-state index contributed by atoms with van der Waals surface area (Å²) in [7, 11) is 0. The first-order chi connectivity index (χ1) is 12.9. The number of guanidine groups is 1. The van der Waals surface area contributed by atoms with E-state index in [-0.39, 0.29) is 12.2 Å². The van der Waals surface area contributed by atoms with Gasteiger partial charge in [-0.25, -0.2) is 0 Å². The fraction of sp³-hybridized carbons (Fsp3) is 0.750. The summed E-state index contributed by atoms with van der Waals surface area (Å²) in [6.45, 7) is 4.11. The summed E-state index contributed by atoms with van der Waals surface area (Å²) < 4.78 is 17.3. The van der Waals surface area contributed by atoms with Crippen molar-refractivity contribution in [3.05, 3.63) is 24.2 Å². The molecule has 2 atom stereocenters. The van der Waals surface area contributed by atoms with E-state index in [0.717, 1.165) is 63.8 Å². The molecule has 1 saturated carbocycles. The molecule has 1 N–H and O–H groups in total. The van der Waals surface area contributed by atoms with Crippen molar-refractivity contribution in [2.45, 2.75) is 63.2 Å². The van der Waals surface area contributed by atoms with Crippen LogP contribution in [-0.4, -0.2) is 62.0 Å². The molecule has 3 heterocycles. The highest BCUT2D eigenvalue weighted by Gasteiger charge is 2.32. The topological polar surface area (TPSA) is 59.2 Å². The molecule has 0 spiro atoms. The molecule has 2 unspecified atom stereocenters. The van der Waals surface area contributed by atoms with E-state index in [1.165, 1.54) is 25.7 Å². The third-order valence-electron chi connectivity index (χ3n) is 5.66. The summed E-state index contributed by atoms with van der Waals surface area (Å²) in [5.74, 6) is 2.03. The van der Waals surface area contributed by atoms with Crippen LogP contribution in [0.3, 0.4) is 0 Å². The second-order valence-electron chi connectivity index (χ2n) is 7.57. The number of furan rings is 1. The first-order valence-corrected chi connectivity index (χ1v) is 10.2. The highest BCUT2D eigenvalue weighted by atomic mass is 16.5. The van der Waals surface area contributed by atoms with Crippen molar-refractivity contribution >= 4 is 5.96 Å². The number of ether oxygens (including phenoxy) is 2. The van der Waals surface area contributed by atoms with Crippen molar-refractivity contribution < 1.29 is 13.9 Å². The molecule has 6 heteroatoms. The highest BCUT2D eigenvalue weighted by Crippen LogP contribution is 2.22. The van der Waals surface area contributed by atoms with Crippen LogP contribution in [0.1, 0.15) is 44.3 Å². The van der Waals surface area contributed by atoms with Gasteiger partial charge in [0.2, 0.25) is 0 Å². The van der Waals surface area contributed by atoms with E-state index in [0.29, 0.717) is 6.04 Å². The smallest absolute Gasteiger partial charge is 0.194 e. The average molecular weight is 361 g/mol. The van der Waals surface area contributed by atoms with E-state index < -0.39 is 0 Å². The predicted octanol–water partition coefficient (Wildman–Crippen LogP) is 2.59. The number of rotatable bonds is 5. The fourth-order valence-electron chi connectivity index (χ4n) is 4.21. The average Bonchev–Trinajstić information content (AvgIpc) is 3.43. The Morgan fingerprint density at radius 3 is 2.77 bits per heavy atom. The third kappa shape index (κ3) is 4.60. The molecule has 1 aliphatic carbocycles. The molecule has 3 aliphatic rings. The maximum Gasteiger partial charge on any atom is 0.194 e. The van der Waals surface area contributed by atoms with Gasteiger partial charge in [0.15, 0.2) is 5.96 Å². The van der Waals surface area contributed by atoms with E-state index >= 15 is 0 Å². The molecule has 6 nitrogen and oxygen atoms in total. The Hall–Kier alpha value is -1.53. The van der Waals surface area contributed by atoms with Gasteiger partial charge < -0.3 is 24.1 Å². The number of hydrogen-bond donors (Lipinski definition) is 1. The number of nitrogens with zero attached hydrogens (tertiary/aromatic N) is 2. The van der Waals surface area contributed by atoms with Crippen molar-refractivity contribution in [3.8, 4) is 0 Å². The van der Waals surface area contributed by atoms with Crippen LogP contribution >= 0.6 is 0 Å². The lowest BCUT2D eigenvalue weighted by atomic mass is 10.1. The van der Waals surface area contributed by atoms with Gasteiger partial charge in [-0.05, 0) is 37.8 Å². The van der Waals surface area contributed by atoms with E-state index in [9.17, 15) is 0 Å². The Kier molecular flexibility index (Phi) is 6.12. The van der Waals surface area contributed by atoms with Crippen molar-refractivity contribution in [2.24, 2.45) is 4.99 Å². The number of nitrogens with one attached hydrogen (secondary N) is 1. The molecule has 0 aromatic carbocycles. The van der Waals surface area contributed by atoms with Crippen LogP contribution in [0.2, 0.25) is 0 Å². The SMILES string of the molecule is c1coc(CCN=C(NC2CCCC2)N2CCOC(C3CCCO3)C2)c1. The molecule has 0 radical (unpaired) electrons. The largest absolute Gasteiger partial charge is 0.469 e. The van der Waals surface area contributed by atoms with Gasteiger partial charge in [0.1, 0.15) is 11.9 Å². The minimum absolute atomic E-state index is 0.159. The van der Waals surface area contributed by atoms with Crippen LogP contribution < -0.4 is 5.32 Å². The van der Waals surface area contributed by atoms with Crippen LogP contribution in [-0.2, 0) is 15.9 Å². The van der Waals surface area contributed by atoms with Crippen molar-refractivity contribution in [3.63, 3.8) is 0 Å². The Balaban J connectivity index is 1.40. The monoisotopic (exact) mass is 361 g/mol.